The monoisotopic (exact) mass is 451 g/mol. The number of benzene rings is 2. The van der Waals surface area contributed by atoms with Gasteiger partial charge in [0.1, 0.15) is 29.5 Å². The normalized spacial score (nSPS) is 11.0. The highest BCUT2D eigenvalue weighted by atomic mass is 35.5. The molecule has 0 saturated carbocycles. The molecule has 1 N–H and O–H groups in total. The number of hydrogen-bond donors (Lipinski definition) is 1. The molecule has 2 aromatic heterocycles. The van der Waals surface area contributed by atoms with Crippen molar-refractivity contribution in [3.8, 4) is 22.3 Å². The minimum Gasteiger partial charge on any atom is -0.493 e. The summed E-state index contributed by atoms with van der Waals surface area (Å²) >= 11 is 7.18. The smallest absolute Gasteiger partial charge is 0.167 e. The molecule has 154 valence electrons. The van der Waals surface area contributed by atoms with Crippen molar-refractivity contribution in [2.75, 3.05) is 12.0 Å². The molecule has 0 aliphatic carbocycles. The van der Waals surface area contributed by atoms with E-state index >= 15 is 0 Å². The van der Waals surface area contributed by atoms with Crippen LogP contribution in [0.3, 0.4) is 0 Å². The predicted molar refractivity (Wildman–Crippen MR) is 121 cm³/mol. The Morgan fingerprint density at radius 1 is 1.29 bits per heavy atom. The lowest BCUT2D eigenvalue weighted by Crippen LogP contribution is -1.95. The SMILES string of the molecule is CCOc1ccccc1-c1sc2c(N/N=C/c3ccc(F)c(Cl)c3)ncnc2c1C#N. The Labute approximate surface area is 186 Å². The summed E-state index contributed by atoms with van der Waals surface area (Å²) in [5.41, 5.74) is 5.31. The molecular weight excluding hydrogens is 437 g/mol. The Morgan fingerprint density at radius 3 is 2.90 bits per heavy atom. The van der Waals surface area contributed by atoms with Crippen LogP contribution in [0.15, 0.2) is 53.9 Å². The first kappa shape index (κ1) is 20.7. The van der Waals surface area contributed by atoms with E-state index in [4.69, 9.17) is 16.3 Å². The molecular formula is C22H15ClFN5OS. The predicted octanol–water partition coefficient (Wildman–Crippen LogP) is 5.87. The molecule has 31 heavy (non-hydrogen) atoms. The molecule has 0 bridgehead atoms. The molecule has 9 heteroatoms. The largest absolute Gasteiger partial charge is 0.493 e. The van der Waals surface area contributed by atoms with Crippen molar-refractivity contribution in [2.45, 2.75) is 6.92 Å². The van der Waals surface area contributed by atoms with Gasteiger partial charge >= 0.3 is 0 Å². The van der Waals surface area contributed by atoms with Gasteiger partial charge < -0.3 is 4.74 Å². The number of nitriles is 1. The second kappa shape index (κ2) is 9.08. The Bertz CT molecular complexity index is 1330. The lowest BCUT2D eigenvalue weighted by molar-refractivity contribution is 0.341. The number of anilines is 1. The van der Waals surface area contributed by atoms with E-state index in [0.717, 1.165) is 10.4 Å². The summed E-state index contributed by atoms with van der Waals surface area (Å²) in [6.45, 7) is 2.42. The maximum absolute atomic E-state index is 13.3. The van der Waals surface area contributed by atoms with E-state index in [1.54, 1.807) is 6.07 Å². The topological polar surface area (TPSA) is 83.2 Å². The van der Waals surface area contributed by atoms with E-state index in [9.17, 15) is 9.65 Å². The fraction of sp³-hybridized carbons (Fsp3) is 0.0909. The Morgan fingerprint density at radius 2 is 2.13 bits per heavy atom. The Hall–Kier alpha value is -3.54. The van der Waals surface area contributed by atoms with E-state index in [-0.39, 0.29) is 5.02 Å². The number of aromatic nitrogens is 2. The van der Waals surface area contributed by atoms with Crippen molar-refractivity contribution < 1.29 is 9.13 Å². The average molecular weight is 452 g/mol. The van der Waals surface area contributed by atoms with Crippen LogP contribution in [0.1, 0.15) is 18.1 Å². The number of para-hydroxylation sites is 1. The van der Waals surface area contributed by atoms with Crippen molar-refractivity contribution in [1.29, 1.82) is 5.26 Å². The van der Waals surface area contributed by atoms with Crippen LogP contribution in [0.25, 0.3) is 20.7 Å². The van der Waals surface area contributed by atoms with Gasteiger partial charge in [-0.25, -0.2) is 14.4 Å². The molecule has 4 rings (SSSR count). The Balaban J connectivity index is 1.73. The molecule has 0 unspecified atom stereocenters. The maximum Gasteiger partial charge on any atom is 0.167 e. The molecule has 6 nitrogen and oxygen atoms in total. The molecule has 0 saturated heterocycles. The molecule has 0 radical (unpaired) electrons. The van der Waals surface area contributed by atoms with E-state index in [2.05, 4.69) is 26.6 Å². The third-order valence-electron chi connectivity index (χ3n) is 4.34. The first-order chi connectivity index (χ1) is 15.1. The number of thiophene rings is 1. The zero-order valence-electron chi connectivity index (χ0n) is 16.3. The van der Waals surface area contributed by atoms with Gasteiger partial charge in [0.15, 0.2) is 5.82 Å². The van der Waals surface area contributed by atoms with Gasteiger partial charge in [0.25, 0.3) is 0 Å². The van der Waals surface area contributed by atoms with Gasteiger partial charge in [-0.1, -0.05) is 29.8 Å². The third kappa shape index (κ3) is 4.19. The molecule has 0 amide bonds. The van der Waals surface area contributed by atoms with Crippen molar-refractivity contribution in [3.63, 3.8) is 0 Å². The number of hydrazone groups is 1. The summed E-state index contributed by atoms with van der Waals surface area (Å²) in [6, 6.07) is 14.1. The highest BCUT2D eigenvalue weighted by Gasteiger charge is 2.20. The van der Waals surface area contributed by atoms with Crippen LogP contribution < -0.4 is 10.2 Å². The van der Waals surface area contributed by atoms with Gasteiger partial charge in [0.05, 0.1) is 33.0 Å². The van der Waals surface area contributed by atoms with E-state index in [1.807, 2.05) is 31.2 Å². The summed E-state index contributed by atoms with van der Waals surface area (Å²) in [5, 5.41) is 14.0. The maximum atomic E-state index is 13.3. The molecule has 0 aliphatic rings. The first-order valence-corrected chi connectivity index (χ1v) is 10.5. The Kier molecular flexibility index (Phi) is 6.07. The van der Waals surface area contributed by atoms with Gasteiger partial charge in [-0.2, -0.15) is 10.4 Å². The summed E-state index contributed by atoms with van der Waals surface area (Å²) in [7, 11) is 0. The van der Waals surface area contributed by atoms with E-state index < -0.39 is 5.82 Å². The zero-order valence-corrected chi connectivity index (χ0v) is 17.8. The van der Waals surface area contributed by atoms with Crippen LogP contribution in [0, 0.1) is 17.1 Å². The van der Waals surface area contributed by atoms with Crippen molar-refractivity contribution in [1.82, 2.24) is 9.97 Å². The lowest BCUT2D eigenvalue weighted by Gasteiger charge is -2.08. The standard InChI is InChI=1S/C22H15ClFN5OS/c1-2-30-18-6-4-3-5-14(18)20-15(10-25)19-21(31-20)22(27-12-26-19)29-28-11-13-7-8-17(24)16(23)9-13/h3-9,11-12H,2H2,1H3,(H,26,27,29)/b28-11+. The van der Waals surface area contributed by atoms with Crippen LogP contribution in [-0.2, 0) is 0 Å². The summed E-state index contributed by atoms with van der Waals surface area (Å²) < 4.78 is 19.7. The van der Waals surface area contributed by atoms with Gasteiger partial charge in [-0.3, -0.25) is 5.43 Å². The van der Waals surface area contributed by atoms with Crippen LogP contribution in [0.4, 0.5) is 10.2 Å². The number of nitrogens with one attached hydrogen (secondary N) is 1. The van der Waals surface area contributed by atoms with Crippen molar-refractivity contribution in [2.24, 2.45) is 5.10 Å². The quantitative estimate of drug-likeness (QED) is 0.293. The van der Waals surface area contributed by atoms with E-state index in [1.165, 1.54) is 36.0 Å². The number of ether oxygens (including phenoxy) is 1. The van der Waals surface area contributed by atoms with E-state index in [0.29, 0.717) is 39.5 Å². The number of fused-ring (bicyclic) bond motifs is 1. The van der Waals surface area contributed by atoms with Gasteiger partial charge in [0, 0.05) is 5.56 Å². The van der Waals surface area contributed by atoms with Gasteiger partial charge in [-0.15, -0.1) is 11.3 Å². The molecule has 0 fully saturated rings. The number of halogens is 2. The average Bonchev–Trinajstić information content (AvgIpc) is 3.16. The highest BCUT2D eigenvalue weighted by Crippen LogP contribution is 2.43. The molecule has 0 spiro atoms. The third-order valence-corrected chi connectivity index (χ3v) is 5.85. The van der Waals surface area contributed by atoms with Crippen molar-refractivity contribution in [3.05, 3.63) is 70.8 Å². The summed E-state index contributed by atoms with van der Waals surface area (Å²) in [4.78, 5) is 9.32. The number of nitrogens with zero attached hydrogens (tertiary/aromatic N) is 4. The zero-order chi connectivity index (χ0) is 21.8. The number of hydrogen-bond acceptors (Lipinski definition) is 7. The minimum absolute atomic E-state index is 0.0166. The molecule has 0 atom stereocenters. The second-order valence-electron chi connectivity index (χ2n) is 6.29. The van der Waals surface area contributed by atoms with Crippen LogP contribution in [-0.4, -0.2) is 22.8 Å². The first-order valence-electron chi connectivity index (χ1n) is 9.26. The molecule has 2 aromatic carbocycles. The fourth-order valence-corrected chi connectivity index (χ4v) is 4.34. The summed E-state index contributed by atoms with van der Waals surface area (Å²) in [5.74, 6) is 0.657. The molecule has 0 aliphatic heterocycles. The number of rotatable bonds is 6. The lowest BCUT2D eigenvalue weighted by atomic mass is 10.1. The summed E-state index contributed by atoms with van der Waals surface area (Å²) in [6.07, 6.45) is 2.88. The highest BCUT2D eigenvalue weighted by molar-refractivity contribution is 7.23. The van der Waals surface area contributed by atoms with Crippen molar-refractivity contribution >= 4 is 45.2 Å². The van der Waals surface area contributed by atoms with Gasteiger partial charge in [-0.05, 0) is 36.8 Å². The van der Waals surface area contributed by atoms with Crippen LogP contribution >= 0.6 is 22.9 Å². The van der Waals surface area contributed by atoms with Crippen LogP contribution in [0.5, 0.6) is 5.75 Å². The minimum atomic E-state index is -0.494. The molecule has 4 aromatic rings. The molecule has 2 heterocycles. The second-order valence-corrected chi connectivity index (χ2v) is 7.72. The van der Waals surface area contributed by atoms with Crippen LogP contribution in [0.2, 0.25) is 5.02 Å². The van der Waals surface area contributed by atoms with Gasteiger partial charge in [0.2, 0.25) is 0 Å². The fourth-order valence-electron chi connectivity index (χ4n) is 2.98.